The number of nitro benzene ring substituents is 1. The van der Waals surface area contributed by atoms with E-state index >= 15 is 0 Å². The Hall–Kier alpha value is -4.98. The summed E-state index contributed by atoms with van der Waals surface area (Å²) in [7, 11) is -4.56. The van der Waals surface area contributed by atoms with Crippen molar-refractivity contribution in [2.75, 3.05) is 0 Å². The van der Waals surface area contributed by atoms with E-state index in [1.54, 1.807) is 62.4 Å². The van der Waals surface area contributed by atoms with E-state index < -0.39 is 25.7 Å². The molecule has 0 aliphatic carbocycles. The molecular weight excluding hydrogens is 832 g/mol. The number of nitrogens with zero attached hydrogens (tertiary/aromatic N) is 9. The number of hydrogen-bond acceptors (Lipinski definition) is 14. The van der Waals surface area contributed by atoms with Crippen LogP contribution >= 0.6 is 0 Å². The maximum atomic E-state index is 11.7. The summed E-state index contributed by atoms with van der Waals surface area (Å²) >= 11 is 0. The monoisotopic (exact) mass is 861 g/mol. The molecule has 0 radical (unpaired) electrons. The van der Waals surface area contributed by atoms with Crippen molar-refractivity contribution >= 4 is 49.3 Å². The normalized spacial score (nSPS) is 11.0. The van der Waals surface area contributed by atoms with E-state index in [-0.39, 0.29) is 133 Å². The van der Waals surface area contributed by atoms with Crippen LogP contribution in [0.25, 0.3) is 22.1 Å². The Kier molecular flexibility index (Phi) is 16.5. The first kappa shape index (κ1) is 47.4. The molecule has 0 aliphatic heterocycles. The summed E-state index contributed by atoms with van der Waals surface area (Å²) in [5.74, 6) is -1.31. The van der Waals surface area contributed by atoms with Crippen molar-refractivity contribution < 1.29 is 115 Å². The van der Waals surface area contributed by atoms with Gasteiger partial charge in [-0.1, -0.05) is 60.7 Å². The average molecular weight is 862 g/mol. The van der Waals surface area contributed by atoms with E-state index in [1.165, 1.54) is 33.6 Å². The van der Waals surface area contributed by atoms with Gasteiger partial charge < -0.3 is 20.4 Å². The number of hydrogen-bond donors (Lipinski definition) is 5. The number of phenols is 2. The van der Waals surface area contributed by atoms with Crippen LogP contribution in [0, 0.1) is 24.0 Å². The molecule has 0 atom stereocenters. The molecule has 0 unspecified atom stereocenters. The summed E-state index contributed by atoms with van der Waals surface area (Å²) in [5.41, 5.74) is 2.13. The molecule has 22 heteroatoms. The fourth-order valence-electron chi connectivity index (χ4n) is 5.29. The predicted octanol–water partition coefficient (Wildman–Crippen LogP) is 2.33. The fourth-order valence-corrected chi connectivity index (χ4v) is 6.01. The van der Waals surface area contributed by atoms with E-state index in [4.69, 9.17) is 0 Å². The van der Waals surface area contributed by atoms with E-state index in [1.807, 2.05) is 24.3 Å². The van der Waals surface area contributed by atoms with Gasteiger partial charge in [-0.15, -0.1) is 20.5 Å². The number of phenolic OH excluding ortho intramolecular Hbond substituents is 2. The van der Waals surface area contributed by atoms with E-state index in [2.05, 4.69) is 30.7 Å². The van der Waals surface area contributed by atoms with Gasteiger partial charge in [-0.3, -0.25) is 14.7 Å². The Morgan fingerprint density at radius 2 is 1.07 bits per heavy atom. The number of benzene rings is 5. The number of aromatic nitrogens is 4. The summed E-state index contributed by atoms with van der Waals surface area (Å²) in [6, 6.07) is 28.6. The smallest absolute Gasteiger partial charge is 0.506 e. The standard InChI is InChI=1S/C20H16N4O5S.C16H13N5O4.Cr.2Na/c1-12-18(20(26)24(23-12)13-7-3-2-4-8-13)21-22-19-15-10-6-5-9-14(15)17(11-16(19)25)30(27,28)29;1-10-15(16(23)20(19-10)11-5-3-2-4-6-11)18-17-13-8-7-12(21(24)25)9-14(13)22;;;/h2-11,25-26H,1H3,(H,27,28,29);2-9,22-23H,1H3;;;/q;;;2*+1. The van der Waals surface area contributed by atoms with Gasteiger partial charge in [0.15, 0.2) is 11.4 Å². The summed E-state index contributed by atoms with van der Waals surface area (Å²) < 4.78 is 35.4. The van der Waals surface area contributed by atoms with Crippen molar-refractivity contribution in [2.45, 2.75) is 18.7 Å². The first-order chi connectivity index (χ1) is 26.2. The summed E-state index contributed by atoms with van der Waals surface area (Å²) in [6.45, 7) is 3.30. The number of non-ortho nitro benzene ring substituents is 1. The quantitative estimate of drug-likeness (QED) is 0.0487. The Labute approximate surface area is 384 Å². The van der Waals surface area contributed by atoms with Crippen molar-refractivity contribution in [3.63, 3.8) is 0 Å². The van der Waals surface area contributed by atoms with Crippen LogP contribution in [-0.4, -0.2) is 57.9 Å². The molecule has 7 aromatic rings. The molecule has 2 heterocycles. The third-order valence-corrected chi connectivity index (χ3v) is 8.82. The molecule has 0 spiro atoms. The molecule has 18 nitrogen and oxygen atoms in total. The molecule has 5 N–H and O–H groups in total. The molecule has 0 amide bonds. The van der Waals surface area contributed by atoms with Gasteiger partial charge in [-0.05, 0) is 44.2 Å². The molecule has 0 fully saturated rings. The van der Waals surface area contributed by atoms with E-state index in [0.717, 1.165) is 12.1 Å². The van der Waals surface area contributed by atoms with Gasteiger partial charge in [-0.25, -0.2) is 0 Å². The second kappa shape index (κ2) is 20.1. The van der Waals surface area contributed by atoms with Crippen molar-refractivity contribution in [3.05, 3.63) is 131 Å². The molecule has 0 aliphatic rings. The van der Waals surface area contributed by atoms with Crippen molar-refractivity contribution in [2.24, 2.45) is 20.5 Å². The number of para-hydroxylation sites is 2. The molecule has 0 saturated carbocycles. The van der Waals surface area contributed by atoms with Crippen LogP contribution in [0.4, 0.5) is 28.4 Å². The molecule has 0 saturated heterocycles. The van der Waals surface area contributed by atoms with Crippen molar-refractivity contribution in [1.29, 1.82) is 0 Å². The van der Waals surface area contributed by atoms with Crippen LogP contribution in [0.15, 0.2) is 135 Å². The van der Waals surface area contributed by atoms with Gasteiger partial charge >= 0.3 is 59.1 Å². The van der Waals surface area contributed by atoms with Crippen LogP contribution in [0.1, 0.15) is 11.4 Å². The Morgan fingerprint density at radius 1 is 0.621 bits per heavy atom. The largest absolute Gasteiger partial charge is 1.00 e. The maximum Gasteiger partial charge on any atom is 1.00 e. The minimum atomic E-state index is -4.56. The third-order valence-electron chi connectivity index (χ3n) is 7.93. The van der Waals surface area contributed by atoms with E-state index in [0.29, 0.717) is 22.8 Å². The SMILES string of the molecule is Cc1nn(-c2ccccc2)c(O)c1N=Nc1c(O)cc(S(=O)(=O)O)c2ccccc12.Cc1nn(-c2ccccc2)c(O)c1N=Nc1ccc([N+](=O)[O-])cc1O.[Cr].[Na+].[Na+]. The first-order valence-electron chi connectivity index (χ1n) is 16.0. The van der Waals surface area contributed by atoms with Gasteiger partial charge in [0.05, 0.1) is 33.8 Å². The number of rotatable bonds is 8. The van der Waals surface area contributed by atoms with Crippen LogP contribution in [-0.2, 0) is 27.5 Å². The van der Waals surface area contributed by atoms with E-state index in [9.17, 15) is 43.5 Å². The molecule has 2 aromatic heterocycles. The van der Waals surface area contributed by atoms with Gasteiger partial charge in [0.25, 0.3) is 15.8 Å². The fraction of sp³-hybridized carbons (Fsp3) is 0.0556. The average Bonchev–Trinajstić information content (AvgIpc) is 3.62. The summed E-state index contributed by atoms with van der Waals surface area (Å²) in [4.78, 5) is 9.60. The van der Waals surface area contributed by atoms with Gasteiger partial charge in [0.2, 0.25) is 11.8 Å². The van der Waals surface area contributed by atoms with Crippen molar-refractivity contribution in [3.8, 4) is 34.6 Å². The number of nitro groups is 1. The van der Waals surface area contributed by atoms with Crippen LogP contribution < -0.4 is 59.1 Å². The van der Waals surface area contributed by atoms with Crippen LogP contribution in [0.2, 0.25) is 0 Å². The zero-order chi connectivity index (χ0) is 39.4. The number of aromatic hydroxyl groups is 4. The second-order valence-electron chi connectivity index (χ2n) is 11.6. The minimum absolute atomic E-state index is 0. The summed E-state index contributed by atoms with van der Waals surface area (Å²) in [5, 5.41) is 76.4. The first-order valence-corrected chi connectivity index (χ1v) is 17.4. The molecule has 284 valence electrons. The van der Waals surface area contributed by atoms with Crippen molar-refractivity contribution in [1.82, 2.24) is 19.6 Å². The van der Waals surface area contributed by atoms with Crippen LogP contribution in [0.5, 0.6) is 23.3 Å². The molecule has 58 heavy (non-hydrogen) atoms. The number of aryl methyl sites for hydroxylation is 2. The Balaban J connectivity index is 0.000000300. The zero-order valence-corrected chi connectivity index (χ0v) is 37.2. The molecule has 5 aromatic carbocycles. The molecular formula is C36H29CrN9Na2O9S+2. The topological polar surface area (TPSA) is 264 Å². The predicted molar refractivity (Wildman–Crippen MR) is 198 cm³/mol. The molecule has 7 rings (SSSR count). The Bertz CT molecular complexity index is 2750. The number of fused-ring (bicyclic) bond motifs is 1. The molecule has 0 bridgehead atoms. The van der Waals surface area contributed by atoms with Crippen LogP contribution in [0.3, 0.4) is 0 Å². The zero-order valence-electron chi connectivity index (χ0n) is 31.1. The maximum absolute atomic E-state index is 11.7. The summed E-state index contributed by atoms with van der Waals surface area (Å²) in [6.07, 6.45) is 0. The van der Waals surface area contributed by atoms with Gasteiger partial charge in [-0.2, -0.15) is 28.0 Å². The third kappa shape index (κ3) is 10.4. The number of azo groups is 2. The Morgan fingerprint density at radius 3 is 1.53 bits per heavy atom. The van der Waals surface area contributed by atoms with Gasteiger partial charge in [0.1, 0.15) is 27.8 Å². The second-order valence-corrected chi connectivity index (χ2v) is 13.0. The van der Waals surface area contributed by atoms with Gasteiger partial charge in [0, 0.05) is 40.3 Å². The minimum Gasteiger partial charge on any atom is -0.506 e.